The van der Waals surface area contributed by atoms with Gasteiger partial charge < -0.3 is 10.0 Å². The zero-order valence-corrected chi connectivity index (χ0v) is 15.6. The summed E-state index contributed by atoms with van der Waals surface area (Å²) in [7, 11) is 0. The van der Waals surface area contributed by atoms with Crippen molar-refractivity contribution in [2.24, 2.45) is 0 Å². The molecule has 0 bridgehead atoms. The molecular weight excluding hydrogens is 380 g/mol. The number of carboxylic acid groups (broad SMARTS) is 1. The van der Waals surface area contributed by atoms with Crippen LogP contribution in [-0.2, 0) is 11.3 Å². The van der Waals surface area contributed by atoms with Crippen LogP contribution in [0.3, 0.4) is 0 Å². The third kappa shape index (κ3) is 5.11. The molecule has 0 aliphatic carbocycles. The molecule has 2 heterocycles. The van der Waals surface area contributed by atoms with Gasteiger partial charge in [-0.15, -0.1) is 0 Å². The van der Waals surface area contributed by atoms with Crippen LogP contribution in [0.1, 0.15) is 22.5 Å². The average Bonchev–Trinajstić information content (AvgIpc) is 2.71. The number of amides is 1. The number of aliphatic carboxylic acids is 1. The molecule has 1 amide bonds. The lowest BCUT2D eigenvalue weighted by atomic mass is 10.1. The molecule has 7 nitrogen and oxygen atoms in total. The second-order valence-electron chi connectivity index (χ2n) is 6.02. The van der Waals surface area contributed by atoms with Crippen molar-refractivity contribution in [1.82, 2.24) is 19.9 Å². The molecule has 0 unspecified atom stereocenters. The summed E-state index contributed by atoms with van der Waals surface area (Å²) < 4.78 is 0. The first kappa shape index (κ1) is 19.4. The number of hydrogen-bond donors (Lipinski definition) is 1. The average molecular weight is 397 g/mol. The zero-order chi connectivity index (χ0) is 19.9. The van der Waals surface area contributed by atoms with Crippen LogP contribution < -0.4 is 0 Å². The van der Waals surface area contributed by atoms with Crippen molar-refractivity contribution >= 4 is 23.5 Å². The summed E-state index contributed by atoms with van der Waals surface area (Å²) in [5.74, 6) is -1.33. The van der Waals surface area contributed by atoms with Crippen LogP contribution in [0.15, 0.2) is 61.2 Å². The summed E-state index contributed by atoms with van der Waals surface area (Å²) in [5, 5.41) is 9.55. The number of rotatable bonds is 7. The lowest BCUT2D eigenvalue weighted by Crippen LogP contribution is -2.33. The molecule has 3 rings (SSSR count). The highest BCUT2D eigenvalue weighted by atomic mass is 35.5. The van der Waals surface area contributed by atoms with E-state index in [1.54, 1.807) is 55.1 Å². The third-order valence-corrected chi connectivity index (χ3v) is 4.22. The smallest absolute Gasteiger partial charge is 0.305 e. The van der Waals surface area contributed by atoms with E-state index in [0.717, 1.165) is 11.1 Å². The maximum Gasteiger partial charge on any atom is 0.305 e. The van der Waals surface area contributed by atoms with Crippen LogP contribution >= 0.6 is 11.6 Å². The first-order valence-electron chi connectivity index (χ1n) is 8.51. The van der Waals surface area contributed by atoms with E-state index in [0.29, 0.717) is 10.7 Å². The SMILES string of the molecule is O=C(O)CCN(Cc1cccc(Cl)c1)C(=O)c1ccc(-c2cnccn2)cn1. The molecule has 0 fully saturated rings. The van der Waals surface area contributed by atoms with Crippen molar-refractivity contribution in [3.8, 4) is 11.3 Å². The minimum atomic E-state index is -0.977. The maximum absolute atomic E-state index is 12.9. The van der Waals surface area contributed by atoms with E-state index in [1.165, 1.54) is 4.90 Å². The molecule has 8 heteroatoms. The summed E-state index contributed by atoms with van der Waals surface area (Å²) in [6.45, 7) is 0.300. The number of hydrogen-bond acceptors (Lipinski definition) is 5. The normalized spacial score (nSPS) is 10.5. The molecule has 0 saturated heterocycles. The zero-order valence-electron chi connectivity index (χ0n) is 14.8. The van der Waals surface area contributed by atoms with Gasteiger partial charge in [0, 0.05) is 42.3 Å². The number of benzene rings is 1. The quantitative estimate of drug-likeness (QED) is 0.658. The van der Waals surface area contributed by atoms with E-state index in [4.69, 9.17) is 16.7 Å². The standard InChI is InChI=1S/C20H17ClN4O3/c21-16-3-1-2-14(10-16)13-25(9-6-19(26)27)20(28)17-5-4-15(11-24-17)18-12-22-7-8-23-18/h1-5,7-8,10-12H,6,9,13H2,(H,26,27). The van der Waals surface area contributed by atoms with Crippen LogP contribution in [0.2, 0.25) is 5.02 Å². The number of carbonyl (C=O) groups excluding carboxylic acids is 1. The highest BCUT2D eigenvalue weighted by Gasteiger charge is 2.19. The Morgan fingerprint density at radius 2 is 1.93 bits per heavy atom. The fraction of sp³-hybridized carbons (Fsp3) is 0.150. The van der Waals surface area contributed by atoms with Gasteiger partial charge in [-0.1, -0.05) is 23.7 Å². The van der Waals surface area contributed by atoms with Gasteiger partial charge in [0.15, 0.2) is 0 Å². The van der Waals surface area contributed by atoms with Crippen molar-refractivity contribution in [2.45, 2.75) is 13.0 Å². The largest absolute Gasteiger partial charge is 0.481 e. The molecule has 0 atom stereocenters. The Balaban J connectivity index is 1.80. The summed E-state index contributed by atoms with van der Waals surface area (Å²) in [4.78, 5) is 37.8. The molecule has 142 valence electrons. The number of carboxylic acids is 1. The van der Waals surface area contributed by atoms with Crippen LogP contribution in [0.25, 0.3) is 11.3 Å². The molecule has 0 aliphatic heterocycles. The maximum atomic E-state index is 12.9. The van der Waals surface area contributed by atoms with Crippen molar-refractivity contribution in [2.75, 3.05) is 6.54 Å². The van der Waals surface area contributed by atoms with Crippen molar-refractivity contribution in [3.63, 3.8) is 0 Å². The molecule has 0 saturated carbocycles. The summed E-state index contributed by atoms with van der Waals surface area (Å²) in [6.07, 6.45) is 6.14. The fourth-order valence-electron chi connectivity index (χ4n) is 2.62. The third-order valence-electron chi connectivity index (χ3n) is 3.99. The van der Waals surface area contributed by atoms with Gasteiger partial charge in [0.25, 0.3) is 5.91 Å². The first-order valence-corrected chi connectivity index (χ1v) is 8.88. The molecule has 0 radical (unpaired) electrons. The minimum absolute atomic E-state index is 0.0638. The summed E-state index contributed by atoms with van der Waals surface area (Å²) in [6, 6.07) is 10.4. The highest BCUT2D eigenvalue weighted by Crippen LogP contribution is 2.17. The highest BCUT2D eigenvalue weighted by molar-refractivity contribution is 6.30. The van der Waals surface area contributed by atoms with Crippen molar-refractivity contribution in [3.05, 3.63) is 77.5 Å². The van der Waals surface area contributed by atoms with Gasteiger partial charge in [-0.05, 0) is 29.8 Å². The predicted molar refractivity (Wildman–Crippen MR) is 104 cm³/mol. The topological polar surface area (TPSA) is 96.3 Å². The van der Waals surface area contributed by atoms with Crippen LogP contribution in [0.5, 0.6) is 0 Å². The Labute approximate surface area is 166 Å². The number of aromatic nitrogens is 3. The van der Waals surface area contributed by atoms with Gasteiger partial charge in [-0.3, -0.25) is 24.5 Å². The minimum Gasteiger partial charge on any atom is -0.481 e. The van der Waals surface area contributed by atoms with Gasteiger partial charge in [-0.25, -0.2) is 0 Å². The lowest BCUT2D eigenvalue weighted by Gasteiger charge is -2.22. The first-order chi connectivity index (χ1) is 13.5. The number of carbonyl (C=O) groups is 2. The Morgan fingerprint density at radius 3 is 2.57 bits per heavy atom. The Hall–Kier alpha value is -3.32. The fourth-order valence-corrected chi connectivity index (χ4v) is 2.83. The van der Waals surface area contributed by atoms with Gasteiger partial charge in [0.1, 0.15) is 5.69 Å². The Kier molecular flexibility index (Phi) is 6.29. The second-order valence-corrected chi connectivity index (χ2v) is 6.46. The van der Waals surface area contributed by atoms with E-state index >= 15 is 0 Å². The van der Waals surface area contributed by atoms with Crippen LogP contribution in [-0.4, -0.2) is 43.4 Å². The number of nitrogens with zero attached hydrogens (tertiary/aromatic N) is 4. The molecular formula is C20H17ClN4O3. The van der Waals surface area contributed by atoms with Crippen molar-refractivity contribution in [1.29, 1.82) is 0 Å². The van der Waals surface area contributed by atoms with E-state index < -0.39 is 5.97 Å². The van der Waals surface area contributed by atoms with Gasteiger partial charge in [-0.2, -0.15) is 0 Å². The van der Waals surface area contributed by atoms with E-state index in [9.17, 15) is 9.59 Å². The Morgan fingerprint density at radius 1 is 1.07 bits per heavy atom. The van der Waals surface area contributed by atoms with E-state index in [1.807, 2.05) is 6.07 Å². The summed E-state index contributed by atoms with van der Waals surface area (Å²) in [5.41, 5.74) is 2.41. The van der Waals surface area contributed by atoms with E-state index in [2.05, 4.69) is 15.0 Å². The molecule has 1 aromatic carbocycles. The molecule has 3 aromatic rings. The lowest BCUT2D eigenvalue weighted by molar-refractivity contribution is -0.137. The Bertz CT molecular complexity index is 965. The molecule has 2 aromatic heterocycles. The van der Waals surface area contributed by atoms with Gasteiger partial charge >= 0.3 is 5.97 Å². The predicted octanol–water partition coefficient (Wildman–Crippen LogP) is 3.31. The van der Waals surface area contributed by atoms with Gasteiger partial charge in [0.2, 0.25) is 0 Å². The van der Waals surface area contributed by atoms with E-state index in [-0.39, 0.29) is 31.1 Å². The number of pyridine rings is 1. The molecule has 1 N–H and O–H groups in total. The number of halogens is 1. The van der Waals surface area contributed by atoms with Crippen LogP contribution in [0, 0.1) is 0 Å². The second kappa shape index (κ2) is 9.05. The summed E-state index contributed by atoms with van der Waals surface area (Å²) >= 11 is 6.01. The monoisotopic (exact) mass is 396 g/mol. The molecule has 28 heavy (non-hydrogen) atoms. The van der Waals surface area contributed by atoms with Crippen LogP contribution in [0.4, 0.5) is 0 Å². The molecule has 0 spiro atoms. The van der Waals surface area contributed by atoms with Crippen molar-refractivity contribution < 1.29 is 14.7 Å². The molecule has 0 aliphatic rings. The van der Waals surface area contributed by atoms with Gasteiger partial charge in [0.05, 0.1) is 18.3 Å².